The first-order valence-corrected chi connectivity index (χ1v) is 17.5. The van der Waals surface area contributed by atoms with Gasteiger partial charge in [0.15, 0.2) is 0 Å². The van der Waals surface area contributed by atoms with Gasteiger partial charge in [0.1, 0.15) is 23.9 Å². The molecule has 0 unspecified atom stereocenters. The van der Waals surface area contributed by atoms with E-state index in [-0.39, 0.29) is 37.3 Å². The maximum atomic E-state index is 13.9. The van der Waals surface area contributed by atoms with Gasteiger partial charge in [-0.1, -0.05) is 64.0 Å². The highest BCUT2D eigenvalue weighted by molar-refractivity contribution is 5.94. The molecule has 4 amide bonds. The van der Waals surface area contributed by atoms with Crippen LogP contribution >= 0.6 is 0 Å². The first-order valence-electron chi connectivity index (χ1n) is 17.5. The van der Waals surface area contributed by atoms with Crippen molar-refractivity contribution >= 4 is 23.6 Å². The fourth-order valence-electron chi connectivity index (χ4n) is 5.23. The molecule has 2 heterocycles. The molecule has 0 spiro atoms. The van der Waals surface area contributed by atoms with E-state index in [1.165, 1.54) is 56.7 Å². The van der Waals surface area contributed by atoms with E-state index in [9.17, 15) is 24.3 Å². The van der Waals surface area contributed by atoms with E-state index < -0.39 is 41.4 Å². The SMILES string of the molecule is CCCCCCCCCCC(=O)N[C@@H](Cc1ccc(O)cc1)C(=O)N[C@@H](Cc1cnc[nH]1)C(=O)N[C@@H](Cc1cnc[nH]1)C(=O)NOC(C)(C)C. The van der Waals surface area contributed by atoms with Crippen LogP contribution in [0.15, 0.2) is 49.3 Å². The van der Waals surface area contributed by atoms with Crippen molar-refractivity contribution < 1.29 is 29.1 Å². The standard InChI is InChI=1S/C36H54N8O6/c1-5-6-7-8-9-10-11-12-13-32(46)41-29(18-25-14-16-28(45)17-15-25)33(47)42-30(19-26-21-37-23-39-26)34(48)43-31(20-27-22-38-24-40-27)35(49)44-50-36(2,3)4/h14-17,21-24,29-31,45H,5-13,18-20H2,1-4H3,(H,37,39)(H,38,40)(H,41,46)(H,42,47)(H,43,48)(H,44,49)/t29-,30-,31-/m0/s1. The van der Waals surface area contributed by atoms with Crippen LogP contribution < -0.4 is 21.4 Å². The molecule has 0 bridgehead atoms. The summed E-state index contributed by atoms with van der Waals surface area (Å²) in [5.74, 6) is -1.98. The van der Waals surface area contributed by atoms with E-state index >= 15 is 0 Å². The van der Waals surface area contributed by atoms with Crippen molar-refractivity contribution in [1.82, 2.24) is 41.4 Å². The minimum atomic E-state index is -1.14. The lowest BCUT2D eigenvalue weighted by Crippen LogP contribution is -2.58. The highest BCUT2D eigenvalue weighted by Crippen LogP contribution is 2.14. The predicted octanol–water partition coefficient (Wildman–Crippen LogP) is 3.70. The first kappa shape index (κ1) is 39.7. The number of unbranched alkanes of at least 4 members (excludes halogenated alkanes) is 7. The molecule has 14 nitrogen and oxygen atoms in total. The van der Waals surface area contributed by atoms with Gasteiger partial charge in [0.2, 0.25) is 17.7 Å². The van der Waals surface area contributed by atoms with Gasteiger partial charge in [-0.05, 0) is 44.9 Å². The number of carbonyl (C=O) groups excluding carboxylic acids is 4. The maximum absolute atomic E-state index is 13.9. The molecule has 0 fully saturated rings. The molecule has 50 heavy (non-hydrogen) atoms. The van der Waals surface area contributed by atoms with Gasteiger partial charge >= 0.3 is 0 Å². The summed E-state index contributed by atoms with van der Waals surface area (Å²) in [6, 6.07) is 3.13. The molecular formula is C36H54N8O6. The van der Waals surface area contributed by atoms with E-state index in [4.69, 9.17) is 4.84 Å². The van der Waals surface area contributed by atoms with Crippen molar-refractivity contribution in [3.63, 3.8) is 0 Å². The molecule has 0 radical (unpaired) electrons. The molecule has 0 aliphatic heterocycles. The van der Waals surface area contributed by atoms with E-state index in [1.54, 1.807) is 39.1 Å². The number of phenolic OH excluding ortho intramolecular Hbond substituents is 1. The van der Waals surface area contributed by atoms with Gasteiger partial charge in [-0.25, -0.2) is 15.4 Å². The molecule has 0 aliphatic rings. The second-order valence-corrected chi connectivity index (χ2v) is 13.6. The number of aromatic amines is 2. The summed E-state index contributed by atoms with van der Waals surface area (Å²) in [6.07, 6.45) is 15.2. The number of nitrogens with zero attached hydrogens (tertiary/aromatic N) is 2. The molecule has 274 valence electrons. The van der Waals surface area contributed by atoms with Crippen molar-refractivity contribution in [3.05, 3.63) is 66.3 Å². The number of phenols is 1. The summed E-state index contributed by atoms with van der Waals surface area (Å²) in [5, 5.41) is 18.2. The summed E-state index contributed by atoms with van der Waals surface area (Å²) in [5.41, 5.74) is 3.62. The number of imidazole rings is 2. The minimum absolute atomic E-state index is 0.0343. The Morgan fingerprint density at radius 2 is 1.22 bits per heavy atom. The number of amides is 4. The molecule has 2 aromatic heterocycles. The fraction of sp³-hybridized carbons (Fsp3) is 0.556. The van der Waals surface area contributed by atoms with Crippen LogP contribution in [0.2, 0.25) is 0 Å². The Morgan fingerprint density at radius 1 is 0.720 bits per heavy atom. The Labute approximate surface area is 294 Å². The molecular weight excluding hydrogens is 640 g/mol. The number of aromatic nitrogens is 4. The minimum Gasteiger partial charge on any atom is -0.508 e. The van der Waals surface area contributed by atoms with Crippen molar-refractivity contribution in [3.8, 4) is 5.75 Å². The summed E-state index contributed by atoms with van der Waals surface area (Å²) >= 11 is 0. The Balaban J connectivity index is 1.74. The summed E-state index contributed by atoms with van der Waals surface area (Å²) < 4.78 is 0. The molecule has 3 atom stereocenters. The Morgan fingerprint density at radius 3 is 1.72 bits per heavy atom. The predicted molar refractivity (Wildman–Crippen MR) is 188 cm³/mol. The summed E-state index contributed by atoms with van der Waals surface area (Å²) in [4.78, 5) is 73.4. The van der Waals surface area contributed by atoms with Gasteiger partial charge in [0.05, 0.1) is 18.3 Å². The average molecular weight is 695 g/mol. The van der Waals surface area contributed by atoms with Crippen molar-refractivity contribution in [2.45, 2.75) is 128 Å². The van der Waals surface area contributed by atoms with Crippen molar-refractivity contribution in [1.29, 1.82) is 0 Å². The largest absolute Gasteiger partial charge is 0.508 e. The Bertz CT molecular complexity index is 1440. The van der Waals surface area contributed by atoms with Crippen LogP contribution in [-0.4, -0.2) is 72.4 Å². The molecule has 0 aliphatic carbocycles. The van der Waals surface area contributed by atoms with Gasteiger partial charge in [0, 0.05) is 49.5 Å². The lowest BCUT2D eigenvalue weighted by molar-refractivity contribution is -0.149. The number of hydroxylamine groups is 1. The quantitative estimate of drug-likeness (QED) is 0.0609. The number of hydrogen-bond acceptors (Lipinski definition) is 8. The van der Waals surface area contributed by atoms with Gasteiger partial charge in [0.25, 0.3) is 5.91 Å². The summed E-state index contributed by atoms with van der Waals surface area (Å²) in [6.45, 7) is 7.51. The third-order valence-corrected chi connectivity index (χ3v) is 7.97. The number of H-pyrrole nitrogens is 2. The average Bonchev–Trinajstić information content (AvgIpc) is 3.79. The normalized spacial score (nSPS) is 13.2. The highest BCUT2D eigenvalue weighted by atomic mass is 16.7. The number of carbonyl (C=O) groups is 4. The first-order chi connectivity index (χ1) is 23.9. The van der Waals surface area contributed by atoms with E-state index in [0.29, 0.717) is 23.4 Å². The molecule has 1 aromatic carbocycles. The molecule has 0 saturated carbocycles. The third-order valence-electron chi connectivity index (χ3n) is 7.97. The molecule has 14 heteroatoms. The lowest BCUT2D eigenvalue weighted by atomic mass is 10.0. The van der Waals surface area contributed by atoms with Gasteiger partial charge < -0.3 is 31.0 Å². The number of rotatable bonds is 22. The number of aromatic hydroxyl groups is 1. The fourth-order valence-corrected chi connectivity index (χ4v) is 5.23. The Hall–Kier alpha value is -4.72. The molecule has 7 N–H and O–H groups in total. The number of hydrogen-bond donors (Lipinski definition) is 7. The third kappa shape index (κ3) is 15.2. The van der Waals surface area contributed by atoms with E-state index in [0.717, 1.165) is 19.3 Å². The van der Waals surface area contributed by atoms with Crippen LogP contribution in [0.3, 0.4) is 0 Å². The molecule has 3 rings (SSSR count). The van der Waals surface area contributed by atoms with E-state index in [2.05, 4.69) is 48.3 Å². The zero-order valence-corrected chi connectivity index (χ0v) is 29.7. The van der Waals surface area contributed by atoms with Crippen LogP contribution in [-0.2, 0) is 43.3 Å². The summed E-state index contributed by atoms with van der Waals surface area (Å²) in [7, 11) is 0. The lowest BCUT2D eigenvalue weighted by Gasteiger charge is -2.26. The zero-order valence-electron chi connectivity index (χ0n) is 29.7. The second-order valence-electron chi connectivity index (χ2n) is 13.6. The topological polar surface area (TPSA) is 203 Å². The van der Waals surface area contributed by atoms with Gasteiger partial charge in [-0.15, -0.1) is 0 Å². The van der Waals surface area contributed by atoms with Crippen molar-refractivity contribution in [2.75, 3.05) is 0 Å². The Kier molecular flexibility index (Phi) is 16.5. The van der Waals surface area contributed by atoms with Crippen molar-refractivity contribution in [2.24, 2.45) is 0 Å². The van der Waals surface area contributed by atoms with Crippen LogP contribution in [0, 0.1) is 0 Å². The maximum Gasteiger partial charge on any atom is 0.266 e. The zero-order chi connectivity index (χ0) is 36.4. The van der Waals surface area contributed by atoms with Crippen LogP contribution in [0.25, 0.3) is 0 Å². The number of nitrogens with one attached hydrogen (secondary N) is 6. The van der Waals surface area contributed by atoms with E-state index in [1.807, 2.05) is 0 Å². The van der Waals surface area contributed by atoms with Gasteiger partial charge in [-0.3, -0.25) is 24.0 Å². The van der Waals surface area contributed by atoms with Crippen LogP contribution in [0.5, 0.6) is 5.75 Å². The molecule has 0 saturated heterocycles. The highest BCUT2D eigenvalue weighted by Gasteiger charge is 2.31. The van der Waals surface area contributed by atoms with Crippen LogP contribution in [0.1, 0.15) is 102 Å². The molecule has 3 aromatic rings. The smallest absolute Gasteiger partial charge is 0.266 e. The number of benzene rings is 1. The second kappa shape index (κ2) is 20.7. The van der Waals surface area contributed by atoms with Gasteiger partial charge in [-0.2, -0.15) is 0 Å². The van der Waals surface area contributed by atoms with Crippen LogP contribution in [0.4, 0.5) is 0 Å². The monoisotopic (exact) mass is 694 g/mol.